The number of aryl methyl sites for hydroxylation is 1. The lowest BCUT2D eigenvalue weighted by molar-refractivity contribution is -0.914. The molecule has 2 amide bonds. The number of anilines is 3. The van der Waals surface area contributed by atoms with Crippen LogP contribution in [-0.2, 0) is 9.59 Å². The zero-order valence-corrected chi connectivity index (χ0v) is 19.2. The van der Waals surface area contributed by atoms with Crippen LogP contribution in [0, 0.1) is 13.8 Å². The van der Waals surface area contributed by atoms with Gasteiger partial charge in [-0.3, -0.25) is 14.5 Å². The zero-order valence-electron chi connectivity index (χ0n) is 19.2. The summed E-state index contributed by atoms with van der Waals surface area (Å²) in [5, 5.41) is 2.94. The lowest BCUT2D eigenvalue weighted by Gasteiger charge is -2.44. The number of para-hydroxylation sites is 2. The molecule has 0 saturated carbocycles. The predicted octanol–water partition coefficient (Wildman–Crippen LogP) is 2.16. The van der Waals surface area contributed by atoms with Crippen LogP contribution < -0.4 is 20.0 Å². The molecule has 1 fully saturated rings. The van der Waals surface area contributed by atoms with Crippen molar-refractivity contribution in [2.45, 2.75) is 46.2 Å². The highest BCUT2D eigenvalue weighted by molar-refractivity contribution is 6.14. The van der Waals surface area contributed by atoms with Gasteiger partial charge in [0.15, 0.2) is 6.04 Å². The van der Waals surface area contributed by atoms with E-state index in [1.54, 1.807) is 4.90 Å². The number of nitrogens with zero attached hydrogens (tertiary/aromatic N) is 2. The topological polar surface area (TPSA) is 57.1 Å². The Morgan fingerprint density at radius 2 is 1.68 bits per heavy atom. The third-order valence-electron chi connectivity index (χ3n) is 7.03. The van der Waals surface area contributed by atoms with Gasteiger partial charge in [-0.15, -0.1) is 0 Å². The van der Waals surface area contributed by atoms with E-state index in [0.29, 0.717) is 5.69 Å². The number of carbonyl (C=O) groups is 2. The van der Waals surface area contributed by atoms with Gasteiger partial charge >= 0.3 is 0 Å². The van der Waals surface area contributed by atoms with Crippen LogP contribution in [0.3, 0.4) is 0 Å². The highest BCUT2D eigenvalue weighted by Gasteiger charge is 2.46. The van der Waals surface area contributed by atoms with E-state index in [-0.39, 0.29) is 17.9 Å². The summed E-state index contributed by atoms with van der Waals surface area (Å²) in [6.07, 6.45) is 0. The molecule has 1 saturated heterocycles. The summed E-state index contributed by atoms with van der Waals surface area (Å²) in [6.45, 7) is 13.6. The Bertz CT molecular complexity index is 1010. The van der Waals surface area contributed by atoms with Gasteiger partial charge in [0.2, 0.25) is 5.91 Å². The Morgan fingerprint density at radius 3 is 2.39 bits per heavy atom. The van der Waals surface area contributed by atoms with Crippen molar-refractivity contribution < 1.29 is 14.5 Å². The Labute approximate surface area is 184 Å². The fraction of sp³-hybridized carbons (Fsp3) is 0.440. The van der Waals surface area contributed by atoms with Crippen molar-refractivity contribution >= 4 is 28.9 Å². The number of amides is 2. The van der Waals surface area contributed by atoms with Gasteiger partial charge in [0.05, 0.1) is 37.6 Å². The minimum atomic E-state index is -0.931. The summed E-state index contributed by atoms with van der Waals surface area (Å²) in [4.78, 5) is 31.8. The Balaban J connectivity index is 1.51. The summed E-state index contributed by atoms with van der Waals surface area (Å²) < 4.78 is 0. The van der Waals surface area contributed by atoms with E-state index >= 15 is 0 Å². The molecule has 2 aromatic carbocycles. The van der Waals surface area contributed by atoms with E-state index in [1.807, 2.05) is 45.0 Å². The summed E-state index contributed by atoms with van der Waals surface area (Å²) >= 11 is 0. The van der Waals surface area contributed by atoms with Crippen molar-refractivity contribution in [2.24, 2.45) is 0 Å². The van der Waals surface area contributed by atoms with Crippen molar-refractivity contribution in [2.75, 3.05) is 41.3 Å². The van der Waals surface area contributed by atoms with Crippen LogP contribution in [0.25, 0.3) is 0 Å². The predicted molar refractivity (Wildman–Crippen MR) is 125 cm³/mol. The fourth-order valence-electron chi connectivity index (χ4n) is 4.76. The van der Waals surface area contributed by atoms with Gasteiger partial charge in [-0.1, -0.05) is 24.3 Å². The molecule has 2 heterocycles. The van der Waals surface area contributed by atoms with Crippen LogP contribution in [0.4, 0.5) is 17.1 Å². The summed E-state index contributed by atoms with van der Waals surface area (Å²) in [5.74, 6) is -0.149. The van der Waals surface area contributed by atoms with E-state index in [2.05, 4.69) is 42.3 Å². The average molecular weight is 422 g/mol. The molecular weight excluding hydrogens is 388 g/mol. The van der Waals surface area contributed by atoms with E-state index in [1.165, 1.54) is 21.7 Å². The molecule has 0 bridgehead atoms. The van der Waals surface area contributed by atoms with Crippen LogP contribution >= 0.6 is 0 Å². The molecule has 2 aromatic rings. The van der Waals surface area contributed by atoms with Crippen LogP contribution in [0.1, 0.15) is 31.9 Å². The van der Waals surface area contributed by atoms with Gasteiger partial charge in [0.25, 0.3) is 5.91 Å². The normalized spacial score (nSPS) is 19.6. The van der Waals surface area contributed by atoms with Crippen molar-refractivity contribution in [3.05, 3.63) is 53.6 Å². The molecule has 0 aliphatic carbocycles. The smallest absolute Gasteiger partial charge is 0.285 e. The number of piperazine rings is 1. The van der Waals surface area contributed by atoms with E-state index in [4.69, 9.17) is 0 Å². The lowest BCUT2D eigenvalue weighted by Crippen LogP contribution is -3.19. The van der Waals surface area contributed by atoms with Crippen molar-refractivity contribution in [3.8, 4) is 0 Å². The van der Waals surface area contributed by atoms with Crippen LogP contribution in [0.5, 0.6) is 0 Å². The maximum Gasteiger partial charge on any atom is 0.285 e. The number of nitrogens with one attached hydrogen (secondary N) is 2. The third kappa shape index (κ3) is 3.69. The molecule has 1 atom stereocenters. The Kier molecular flexibility index (Phi) is 5.52. The molecule has 6 heteroatoms. The number of benzene rings is 2. The molecule has 0 spiro atoms. The number of hydrogen-bond donors (Lipinski definition) is 2. The molecule has 6 nitrogen and oxygen atoms in total. The van der Waals surface area contributed by atoms with Crippen molar-refractivity contribution in [1.82, 2.24) is 0 Å². The maximum atomic E-state index is 13.7. The highest BCUT2D eigenvalue weighted by atomic mass is 16.2. The Morgan fingerprint density at radius 1 is 1.03 bits per heavy atom. The molecule has 0 radical (unpaired) electrons. The number of fused-ring (bicyclic) bond motifs is 1. The van der Waals surface area contributed by atoms with Gasteiger partial charge in [0.1, 0.15) is 5.54 Å². The second-order valence-electron chi connectivity index (χ2n) is 9.29. The lowest BCUT2D eigenvalue weighted by atomic mass is 9.95. The van der Waals surface area contributed by atoms with Gasteiger partial charge in [-0.25, -0.2) is 0 Å². The first kappa shape index (κ1) is 21.4. The molecule has 2 aliphatic heterocycles. The zero-order chi connectivity index (χ0) is 22.3. The first-order valence-corrected chi connectivity index (χ1v) is 11.1. The van der Waals surface area contributed by atoms with Gasteiger partial charge in [0, 0.05) is 5.69 Å². The molecular formula is C25H33N4O2+. The minimum absolute atomic E-state index is 0.00230. The molecule has 0 unspecified atom stereocenters. The first-order valence-electron chi connectivity index (χ1n) is 11.1. The van der Waals surface area contributed by atoms with Crippen LogP contribution in [-0.4, -0.2) is 49.6 Å². The van der Waals surface area contributed by atoms with Crippen LogP contribution in [0.2, 0.25) is 0 Å². The standard InChI is InChI=1S/C25H32N4O2/c1-17-9-8-12-21(18(17)2)28-15-13-27(14-16-28)19(3)23(30)29-22-11-7-6-10-20(22)26-24(31)25(29,4)5/h6-12,19H,13-16H2,1-5H3,(H,26,31)/p+1/t19-/m1/s1. The number of rotatable bonds is 3. The fourth-order valence-corrected chi connectivity index (χ4v) is 4.76. The molecule has 164 valence electrons. The quantitative estimate of drug-likeness (QED) is 0.799. The number of quaternary nitrogens is 1. The second-order valence-corrected chi connectivity index (χ2v) is 9.29. The largest absolute Gasteiger partial charge is 0.360 e. The van der Waals surface area contributed by atoms with Crippen LogP contribution in [0.15, 0.2) is 42.5 Å². The SMILES string of the molecule is Cc1cccc(N2CC[NH+]([C@H](C)C(=O)N3c4ccccc4NC(=O)C3(C)C)CC2)c1C. The van der Waals surface area contributed by atoms with E-state index in [0.717, 1.165) is 31.9 Å². The summed E-state index contributed by atoms with van der Waals surface area (Å²) in [5.41, 5.74) is 4.47. The van der Waals surface area contributed by atoms with E-state index in [9.17, 15) is 9.59 Å². The maximum absolute atomic E-state index is 13.7. The number of hydrogen-bond acceptors (Lipinski definition) is 3. The number of carbonyl (C=O) groups excluding carboxylic acids is 2. The highest BCUT2D eigenvalue weighted by Crippen LogP contribution is 2.36. The monoisotopic (exact) mass is 421 g/mol. The average Bonchev–Trinajstić information content (AvgIpc) is 2.76. The minimum Gasteiger partial charge on any atom is -0.360 e. The summed E-state index contributed by atoms with van der Waals surface area (Å²) in [7, 11) is 0. The Hall–Kier alpha value is -2.86. The van der Waals surface area contributed by atoms with Crippen molar-refractivity contribution in [3.63, 3.8) is 0 Å². The molecule has 31 heavy (non-hydrogen) atoms. The molecule has 4 rings (SSSR count). The van der Waals surface area contributed by atoms with E-state index < -0.39 is 5.54 Å². The first-order chi connectivity index (χ1) is 14.7. The van der Waals surface area contributed by atoms with Gasteiger partial charge in [-0.2, -0.15) is 0 Å². The third-order valence-corrected chi connectivity index (χ3v) is 7.03. The molecule has 2 aliphatic rings. The summed E-state index contributed by atoms with van der Waals surface area (Å²) in [6, 6.07) is 13.8. The molecule has 2 N–H and O–H groups in total. The molecule has 0 aromatic heterocycles. The second kappa shape index (κ2) is 8.00. The van der Waals surface area contributed by atoms with Gasteiger partial charge < -0.3 is 15.1 Å². The van der Waals surface area contributed by atoms with Gasteiger partial charge in [-0.05, 0) is 63.9 Å². The van der Waals surface area contributed by atoms with Crippen molar-refractivity contribution in [1.29, 1.82) is 0 Å².